The second-order valence-corrected chi connectivity index (χ2v) is 6.61. The molecule has 1 aromatic rings. The Hall–Kier alpha value is -2.02. The number of ether oxygens (including phenoxy) is 1. The molecule has 0 aliphatic carbocycles. The van der Waals surface area contributed by atoms with Crippen LogP contribution >= 0.6 is 0 Å². The standard InChI is InChI=1S/C16H24N2O5/c1-16(2,3)23-15(21)18-8-5-7-17(9-10-18)13(14(19)20)12-6-4-11-22-12/h4,6,11,13H,5,7-10H2,1-3H3,(H,19,20)/t13-/m1/s1. The van der Waals surface area contributed by atoms with Gasteiger partial charge in [0, 0.05) is 26.2 Å². The summed E-state index contributed by atoms with van der Waals surface area (Å²) >= 11 is 0. The zero-order valence-corrected chi connectivity index (χ0v) is 13.8. The smallest absolute Gasteiger partial charge is 0.410 e. The zero-order chi connectivity index (χ0) is 17.0. The Kier molecular flexibility index (Phi) is 5.30. The number of amides is 1. The third-order valence-electron chi connectivity index (χ3n) is 3.59. The van der Waals surface area contributed by atoms with Gasteiger partial charge in [0.1, 0.15) is 11.4 Å². The summed E-state index contributed by atoms with van der Waals surface area (Å²) in [5.41, 5.74) is -0.541. The summed E-state index contributed by atoms with van der Waals surface area (Å²) in [5, 5.41) is 9.51. The molecule has 0 bridgehead atoms. The van der Waals surface area contributed by atoms with Gasteiger partial charge >= 0.3 is 12.1 Å². The van der Waals surface area contributed by atoms with Crippen LogP contribution in [0.4, 0.5) is 4.79 Å². The molecule has 0 aromatic carbocycles. The molecule has 7 nitrogen and oxygen atoms in total. The lowest BCUT2D eigenvalue weighted by Crippen LogP contribution is -2.40. The van der Waals surface area contributed by atoms with Crippen molar-refractivity contribution in [3.05, 3.63) is 24.2 Å². The highest BCUT2D eigenvalue weighted by Gasteiger charge is 2.32. The first-order valence-electron chi connectivity index (χ1n) is 7.76. The first-order valence-corrected chi connectivity index (χ1v) is 7.76. The molecular formula is C16H24N2O5. The Morgan fingerprint density at radius 2 is 2.00 bits per heavy atom. The first kappa shape index (κ1) is 17.3. The lowest BCUT2D eigenvalue weighted by atomic mass is 10.2. The fraction of sp³-hybridized carbons (Fsp3) is 0.625. The minimum Gasteiger partial charge on any atom is -0.480 e. The molecule has 0 saturated carbocycles. The third-order valence-corrected chi connectivity index (χ3v) is 3.59. The number of carbonyl (C=O) groups is 2. The van der Waals surface area contributed by atoms with Crippen molar-refractivity contribution in [3.63, 3.8) is 0 Å². The Morgan fingerprint density at radius 3 is 2.57 bits per heavy atom. The SMILES string of the molecule is CC(C)(C)OC(=O)N1CCCN([C@@H](C(=O)O)c2ccco2)CC1. The average Bonchev–Trinajstić information content (AvgIpc) is 2.81. The van der Waals surface area contributed by atoms with Gasteiger partial charge in [0.05, 0.1) is 6.26 Å². The number of hydrogen-bond donors (Lipinski definition) is 1. The molecule has 1 N–H and O–H groups in total. The van der Waals surface area contributed by atoms with E-state index < -0.39 is 17.6 Å². The molecule has 1 fully saturated rings. The second kappa shape index (κ2) is 7.04. The van der Waals surface area contributed by atoms with Gasteiger partial charge in [0.2, 0.25) is 0 Å². The highest BCUT2D eigenvalue weighted by atomic mass is 16.6. The third kappa shape index (κ3) is 4.72. The molecule has 0 unspecified atom stereocenters. The van der Waals surface area contributed by atoms with Crippen LogP contribution < -0.4 is 0 Å². The maximum atomic E-state index is 12.2. The predicted octanol–water partition coefficient (Wildman–Crippen LogP) is 2.35. The first-order chi connectivity index (χ1) is 10.8. The van der Waals surface area contributed by atoms with Gasteiger partial charge in [-0.05, 0) is 39.3 Å². The topological polar surface area (TPSA) is 83.2 Å². The number of rotatable bonds is 3. The zero-order valence-electron chi connectivity index (χ0n) is 13.8. The molecule has 2 rings (SSSR count). The summed E-state index contributed by atoms with van der Waals surface area (Å²) in [7, 11) is 0. The van der Waals surface area contributed by atoms with Gasteiger partial charge in [0.15, 0.2) is 6.04 Å². The number of carbonyl (C=O) groups excluding carboxylic acids is 1. The minimum absolute atomic E-state index is 0.357. The Labute approximate surface area is 135 Å². The van der Waals surface area contributed by atoms with Crippen molar-refractivity contribution in [3.8, 4) is 0 Å². The highest BCUT2D eigenvalue weighted by Crippen LogP contribution is 2.23. The van der Waals surface area contributed by atoms with Crippen LogP contribution in [0.15, 0.2) is 22.8 Å². The van der Waals surface area contributed by atoms with E-state index in [1.807, 2.05) is 25.7 Å². The molecule has 1 aliphatic heterocycles. The van der Waals surface area contributed by atoms with Gasteiger partial charge in [-0.1, -0.05) is 0 Å². The molecular weight excluding hydrogens is 300 g/mol. The van der Waals surface area contributed by atoms with E-state index >= 15 is 0 Å². The van der Waals surface area contributed by atoms with Gasteiger partial charge in [-0.2, -0.15) is 0 Å². The van der Waals surface area contributed by atoms with Gasteiger partial charge in [-0.3, -0.25) is 9.69 Å². The number of carboxylic acids is 1. The Morgan fingerprint density at radius 1 is 1.26 bits per heavy atom. The van der Waals surface area contributed by atoms with Crippen molar-refractivity contribution in [2.24, 2.45) is 0 Å². The lowest BCUT2D eigenvalue weighted by molar-refractivity contribution is -0.144. The van der Waals surface area contributed by atoms with Crippen molar-refractivity contribution < 1.29 is 23.8 Å². The minimum atomic E-state index is -0.953. The number of furan rings is 1. The molecule has 1 aromatic heterocycles. The van der Waals surface area contributed by atoms with E-state index in [0.29, 0.717) is 38.4 Å². The van der Waals surface area contributed by atoms with Gasteiger partial charge in [0.25, 0.3) is 0 Å². The summed E-state index contributed by atoms with van der Waals surface area (Å²) in [6, 6.07) is 2.51. The molecule has 0 radical (unpaired) electrons. The molecule has 1 aliphatic rings. The number of nitrogens with zero attached hydrogens (tertiary/aromatic N) is 2. The average molecular weight is 324 g/mol. The van der Waals surface area contributed by atoms with E-state index in [9.17, 15) is 14.7 Å². The number of aliphatic carboxylic acids is 1. The maximum Gasteiger partial charge on any atom is 0.410 e. The van der Waals surface area contributed by atoms with Crippen LogP contribution in [-0.2, 0) is 9.53 Å². The van der Waals surface area contributed by atoms with Gasteiger partial charge in [-0.25, -0.2) is 4.79 Å². The van der Waals surface area contributed by atoms with Crippen LogP contribution in [0, 0.1) is 0 Å². The summed E-state index contributed by atoms with van der Waals surface area (Å²) in [5.74, 6) is -0.547. The monoisotopic (exact) mass is 324 g/mol. The molecule has 23 heavy (non-hydrogen) atoms. The quantitative estimate of drug-likeness (QED) is 0.919. The number of carboxylic acid groups (broad SMARTS) is 1. The number of hydrogen-bond acceptors (Lipinski definition) is 5. The van der Waals surface area contributed by atoms with Crippen LogP contribution in [0.5, 0.6) is 0 Å². The van der Waals surface area contributed by atoms with Crippen molar-refractivity contribution in [2.45, 2.75) is 38.8 Å². The van der Waals surface area contributed by atoms with E-state index in [1.54, 1.807) is 17.0 Å². The van der Waals surface area contributed by atoms with Crippen molar-refractivity contribution in [2.75, 3.05) is 26.2 Å². The van der Waals surface area contributed by atoms with Crippen molar-refractivity contribution in [1.82, 2.24) is 9.80 Å². The largest absolute Gasteiger partial charge is 0.480 e. The van der Waals surface area contributed by atoms with Crippen LogP contribution in [-0.4, -0.2) is 58.7 Å². The molecule has 0 spiro atoms. The summed E-state index contributed by atoms with van der Waals surface area (Å²) in [6.07, 6.45) is 1.80. The Balaban J connectivity index is 2.02. The fourth-order valence-corrected chi connectivity index (χ4v) is 2.61. The fourth-order valence-electron chi connectivity index (χ4n) is 2.61. The van der Waals surface area contributed by atoms with Gasteiger partial charge in [-0.15, -0.1) is 0 Å². The summed E-state index contributed by atoms with van der Waals surface area (Å²) in [4.78, 5) is 27.2. The van der Waals surface area contributed by atoms with E-state index in [-0.39, 0.29) is 6.09 Å². The van der Waals surface area contributed by atoms with Crippen LogP contribution in [0.2, 0.25) is 0 Å². The van der Waals surface area contributed by atoms with Crippen molar-refractivity contribution >= 4 is 12.1 Å². The highest BCUT2D eigenvalue weighted by molar-refractivity contribution is 5.74. The molecule has 128 valence electrons. The van der Waals surface area contributed by atoms with Crippen LogP contribution in [0.1, 0.15) is 39.0 Å². The molecule has 2 heterocycles. The van der Waals surface area contributed by atoms with E-state index in [0.717, 1.165) is 0 Å². The van der Waals surface area contributed by atoms with Gasteiger partial charge < -0.3 is 19.2 Å². The van der Waals surface area contributed by atoms with Crippen molar-refractivity contribution in [1.29, 1.82) is 0 Å². The second-order valence-electron chi connectivity index (χ2n) is 6.61. The predicted molar refractivity (Wildman–Crippen MR) is 83.1 cm³/mol. The molecule has 7 heteroatoms. The molecule has 1 atom stereocenters. The molecule has 1 saturated heterocycles. The lowest BCUT2D eigenvalue weighted by Gasteiger charge is -2.27. The van der Waals surface area contributed by atoms with Crippen LogP contribution in [0.25, 0.3) is 0 Å². The van der Waals surface area contributed by atoms with E-state index in [4.69, 9.17) is 9.15 Å². The molecule has 1 amide bonds. The Bertz CT molecular complexity index is 535. The van der Waals surface area contributed by atoms with Crippen LogP contribution in [0.3, 0.4) is 0 Å². The normalized spacial score (nSPS) is 18.3. The van der Waals surface area contributed by atoms with E-state index in [2.05, 4.69) is 0 Å². The summed E-state index contributed by atoms with van der Waals surface area (Å²) in [6.45, 7) is 7.49. The van der Waals surface area contributed by atoms with E-state index in [1.165, 1.54) is 6.26 Å². The maximum absolute atomic E-state index is 12.2. The summed E-state index contributed by atoms with van der Waals surface area (Å²) < 4.78 is 10.6.